The summed E-state index contributed by atoms with van der Waals surface area (Å²) in [7, 11) is 3.42. The first kappa shape index (κ1) is 19.1. The molecular weight excluding hydrogens is 318 g/mol. The van der Waals surface area contributed by atoms with E-state index in [0.29, 0.717) is 6.54 Å². The molecule has 2 rings (SSSR count). The molecule has 0 spiro atoms. The second-order valence-corrected chi connectivity index (χ2v) is 5.90. The first-order valence-electron chi connectivity index (χ1n) is 8.72. The van der Waals surface area contributed by atoms with Gasteiger partial charge in [-0.05, 0) is 31.9 Å². The van der Waals surface area contributed by atoms with Crippen molar-refractivity contribution in [2.24, 2.45) is 4.99 Å². The maximum atomic E-state index is 5.94. The van der Waals surface area contributed by atoms with E-state index in [1.165, 1.54) is 5.57 Å². The first-order chi connectivity index (χ1) is 12.2. The summed E-state index contributed by atoms with van der Waals surface area (Å²) in [6, 6.07) is 7.66. The number of hydrogen-bond acceptors (Lipinski definition) is 4. The van der Waals surface area contributed by atoms with E-state index in [1.54, 1.807) is 14.2 Å². The Labute approximate surface area is 150 Å². The van der Waals surface area contributed by atoms with Crippen molar-refractivity contribution in [2.75, 3.05) is 40.5 Å². The Bertz CT molecular complexity index is 587. The fourth-order valence-corrected chi connectivity index (χ4v) is 2.57. The minimum absolute atomic E-state index is 0.0203. The number of guanidine groups is 1. The van der Waals surface area contributed by atoms with Crippen LogP contribution in [0.5, 0.6) is 11.5 Å². The normalized spacial score (nSPS) is 16.0. The van der Waals surface area contributed by atoms with Crippen LogP contribution in [-0.2, 0) is 4.74 Å². The lowest BCUT2D eigenvalue weighted by Crippen LogP contribution is -2.42. The van der Waals surface area contributed by atoms with Crippen molar-refractivity contribution in [1.82, 2.24) is 10.6 Å². The number of methoxy groups -OCH3 is 1. The van der Waals surface area contributed by atoms with E-state index in [4.69, 9.17) is 14.2 Å². The average Bonchev–Trinajstić information content (AvgIpc) is 2.65. The zero-order valence-electron chi connectivity index (χ0n) is 15.4. The maximum absolute atomic E-state index is 5.94. The standard InChI is InChI=1S/C19H29N3O3/c1-15(25-18-7-5-4-6-17(18)23-3)14-22-19(20-2)21-11-8-16-9-12-24-13-10-16/h4-7,9,15H,8,10-14H2,1-3H3,(H2,20,21,22). The molecule has 0 radical (unpaired) electrons. The van der Waals surface area contributed by atoms with Crippen molar-refractivity contribution in [1.29, 1.82) is 0 Å². The summed E-state index contributed by atoms with van der Waals surface area (Å²) < 4.78 is 16.6. The Kier molecular flexibility index (Phi) is 8.12. The molecule has 6 nitrogen and oxygen atoms in total. The predicted octanol–water partition coefficient (Wildman–Crippen LogP) is 2.36. The van der Waals surface area contributed by atoms with Gasteiger partial charge in [-0.15, -0.1) is 0 Å². The highest BCUT2D eigenvalue weighted by Gasteiger charge is 2.09. The summed E-state index contributed by atoms with van der Waals surface area (Å²) >= 11 is 0. The quantitative estimate of drug-likeness (QED) is 0.429. The number of nitrogens with zero attached hydrogens (tertiary/aromatic N) is 1. The molecule has 0 aromatic heterocycles. The van der Waals surface area contributed by atoms with Crippen LogP contribution in [-0.4, -0.2) is 52.5 Å². The van der Waals surface area contributed by atoms with E-state index in [1.807, 2.05) is 31.2 Å². The zero-order valence-corrected chi connectivity index (χ0v) is 15.4. The number of rotatable bonds is 8. The summed E-state index contributed by atoms with van der Waals surface area (Å²) in [4.78, 5) is 4.25. The minimum Gasteiger partial charge on any atom is -0.493 e. The molecule has 0 saturated heterocycles. The van der Waals surface area contributed by atoms with Gasteiger partial charge in [0.15, 0.2) is 17.5 Å². The molecule has 1 aromatic carbocycles. The maximum Gasteiger partial charge on any atom is 0.191 e. The zero-order chi connectivity index (χ0) is 17.9. The highest BCUT2D eigenvalue weighted by atomic mass is 16.5. The number of ether oxygens (including phenoxy) is 3. The van der Waals surface area contributed by atoms with Crippen LogP contribution in [0.3, 0.4) is 0 Å². The van der Waals surface area contributed by atoms with Gasteiger partial charge in [-0.3, -0.25) is 4.99 Å². The summed E-state index contributed by atoms with van der Waals surface area (Å²) in [5.74, 6) is 2.26. The fourth-order valence-electron chi connectivity index (χ4n) is 2.57. The van der Waals surface area contributed by atoms with Gasteiger partial charge in [0.05, 0.1) is 26.9 Å². The molecule has 1 unspecified atom stereocenters. The highest BCUT2D eigenvalue weighted by Crippen LogP contribution is 2.26. The van der Waals surface area contributed by atoms with Crippen molar-refractivity contribution in [3.05, 3.63) is 35.9 Å². The van der Waals surface area contributed by atoms with Gasteiger partial charge in [0.1, 0.15) is 6.10 Å². The molecule has 0 bridgehead atoms. The van der Waals surface area contributed by atoms with Crippen LogP contribution in [0.2, 0.25) is 0 Å². The van der Waals surface area contributed by atoms with Crippen molar-refractivity contribution in [3.8, 4) is 11.5 Å². The van der Waals surface area contributed by atoms with E-state index in [2.05, 4.69) is 21.7 Å². The molecule has 6 heteroatoms. The molecule has 0 amide bonds. The van der Waals surface area contributed by atoms with Crippen molar-refractivity contribution in [3.63, 3.8) is 0 Å². The van der Waals surface area contributed by atoms with Gasteiger partial charge in [0, 0.05) is 13.6 Å². The predicted molar refractivity (Wildman–Crippen MR) is 101 cm³/mol. The second kappa shape index (κ2) is 10.6. The molecule has 1 aliphatic rings. The lowest BCUT2D eigenvalue weighted by atomic mass is 10.1. The SMILES string of the molecule is CN=C(NCCC1=CCOCC1)NCC(C)Oc1ccccc1OC. The Morgan fingerprint density at radius 3 is 2.76 bits per heavy atom. The summed E-state index contributed by atoms with van der Waals surface area (Å²) in [6.07, 6.45) is 4.19. The van der Waals surface area contributed by atoms with Crippen LogP contribution < -0.4 is 20.1 Å². The Hall–Kier alpha value is -2.21. The summed E-state index contributed by atoms with van der Waals surface area (Å²) in [6.45, 7) is 5.08. The van der Waals surface area contributed by atoms with E-state index in [9.17, 15) is 0 Å². The molecule has 0 fully saturated rings. The van der Waals surface area contributed by atoms with Crippen LogP contribution in [0.15, 0.2) is 40.9 Å². The van der Waals surface area contributed by atoms with Gasteiger partial charge >= 0.3 is 0 Å². The highest BCUT2D eigenvalue weighted by molar-refractivity contribution is 5.79. The Morgan fingerprint density at radius 1 is 1.28 bits per heavy atom. The van der Waals surface area contributed by atoms with Gasteiger partial charge in [-0.1, -0.05) is 23.8 Å². The lowest BCUT2D eigenvalue weighted by molar-refractivity contribution is 0.153. The Balaban J connectivity index is 1.71. The average molecular weight is 347 g/mol. The van der Waals surface area contributed by atoms with Gasteiger partial charge in [0.2, 0.25) is 0 Å². The molecule has 0 saturated carbocycles. The molecule has 0 aliphatic carbocycles. The first-order valence-corrected chi connectivity index (χ1v) is 8.72. The van der Waals surface area contributed by atoms with E-state index >= 15 is 0 Å². The van der Waals surface area contributed by atoms with E-state index in [0.717, 1.165) is 50.1 Å². The third-order valence-electron chi connectivity index (χ3n) is 3.97. The molecule has 25 heavy (non-hydrogen) atoms. The topological polar surface area (TPSA) is 64.1 Å². The van der Waals surface area contributed by atoms with E-state index < -0.39 is 0 Å². The number of aliphatic imine (C=N–C) groups is 1. The molecule has 2 N–H and O–H groups in total. The van der Waals surface area contributed by atoms with Crippen LogP contribution in [0.25, 0.3) is 0 Å². The molecule has 138 valence electrons. The van der Waals surface area contributed by atoms with Crippen LogP contribution in [0.4, 0.5) is 0 Å². The summed E-state index contributed by atoms with van der Waals surface area (Å²) in [5.41, 5.74) is 1.45. The molecule has 1 aliphatic heterocycles. The van der Waals surface area contributed by atoms with Crippen molar-refractivity contribution < 1.29 is 14.2 Å². The number of para-hydroxylation sites is 2. The minimum atomic E-state index is -0.0203. The van der Waals surface area contributed by atoms with E-state index in [-0.39, 0.29) is 6.10 Å². The van der Waals surface area contributed by atoms with Crippen LogP contribution in [0.1, 0.15) is 19.8 Å². The smallest absolute Gasteiger partial charge is 0.191 e. The van der Waals surface area contributed by atoms with Gasteiger partial charge in [0.25, 0.3) is 0 Å². The van der Waals surface area contributed by atoms with Gasteiger partial charge < -0.3 is 24.8 Å². The third-order valence-corrected chi connectivity index (χ3v) is 3.97. The number of benzene rings is 1. The van der Waals surface area contributed by atoms with Crippen LogP contribution in [0, 0.1) is 0 Å². The molecule has 1 atom stereocenters. The monoisotopic (exact) mass is 347 g/mol. The second-order valence-electron chi connectivity index (χ2n) is 5.90. The number of hydrogen-bond donors (Lipinski definition) is 2. The van der Waals surface area contributed by atoms with Gasteiger partial charge in [-0.2, -0.15) is 0 Å². The van der Waals surface area contributed by atoms with Crippen molar-refractivity contribution >= 4 is 5.96 Å². The molecule has 1 aromatic rings. The number of nitrogens with one attached hydrogen (secondary N) is 2. The third kappa shape index (κ3) is 6.66. The molecule has 1 heterocycles. The van der Waals surface area contributed by atoms with Crippen LogP contribution >= 0.6 is 0 Å². The lowest BCUT2D eigenvalue weighted by Gasteiger charge is -2.19. The summed E-state index contributed by atoms with van der Waals surface area (Å²) in [5, 5.41) is 6.63. The fraction of sp³-hybridized carbons (Fsp3) is 0.526. The molecular formula is C19H29N3O3. The van der Waals surface area contributed by atoms with Crippen molar-refractivity contribution in [2.45, 2.75) is 25.9 Å². The largest absolute Gasteiger partial charge is 0.493 e. The Morgan fingerprint density at radius 2 is 2.08 bits per heavy atom. The van der Waals surface area contributed by atoms with Gasteiger partial charge in [-0.25, -0.2) is 0 Å².